The Morgan fingerprint density at radius 1 is 1.11 bits per heavy atom. The molecule has 8 heteroatoms. The molecule has 2 aromatic carbocycles. The fourth-order valence-electron chi connectivity index (χ4n) is 2.80. The molecule has 0 saturated carbocycles. The summed E-state index contributed by atoms with van der Waals surface area (Å²) >= 11 is 12.3. The van der Waals surface area contributed by atoms with Crippen LogP contribution in [-0.2, 0) is 17.8 Å². The fourth-order valence-corrected chi connectivity index (χ4v) is 3.18. The summed E-state index contributed by atoms with van der Waals surface area (Å²) in [7, 11) is 0. The molecular formula is C19H14Cl2N4O2. The summed E-state index contributed by atoms with van der Waals surface area (Å²) in [5.74, 6) is 0.344. The van der Waals surface area contributed by atoms with Crippen molar-refractivity contribution in [2.75, 3.05) is 5.32 Å². The van der Waals surface area contributed by atoms with Gasteiger partial charge in [0.1, 0.15) is 11.5 Å². The number of aromatic nitrogens is 3. The van der Waals surface area contributed by atoms with E-state index in [0.717, 1.165) is 10.9 Å². The Bertz CT molecular complexity index is 1120. The molecule has 0 radical (unpaired) electrons. The van der Waals surface area contributed by atoms with Gasteiger partial charge >= 0.3 is 0 Å². The van der Waals surface area contributed by atoms with Gasteiger partial charge in [0.2, 0.25) is 5.91 Å². The monoisotopic (exact) mass is 400 g/mol. The lowest BCUT2D eigenvalue weighted by atomic mass is 10.1. The number of fused-ring (bicyclic) bond motifs is 1. The number of hydrogen-bond acceptors (Lipinski definition) is 4. The Morgan fingerprint density at radius 3 is 2.85 bits per heavy atom. The predicted octanol–water partition coefficient (Wildman–Crippen LogP) is 4.56. The summed E-state index contributed by atoms with van der Waals surface area (Å²) < 4.78 is 6.89. The summed E-state index contributed by atoms with van der Waals surface area (Å²) in [6.45, 7) is 0.384. The summed E-state index contributed by atoms with van der Waals surface area (Å²) in [6.07, 6.45) is 1.71. The smallest absolute Gasteiger partial charge is 0.231 e. The van der Waals surface area contributed by atoms with E-state index >= 15 is 0 Å². The average molecular weight is 401 g/mol. The average Bonchev–Trinajstić information content (AvgIpc) is 3.26. The normalized spacial score (nSPS) is 11.0. The topological polar surface area (TPSA) is 73.0 Å². The zero-order valence-electron chi connectivity index (χ0n) is 14.0. The van der Waals surface area contributed by atoms with Crippen molar-refractivity contribution in [1.82, 2.24) is 14.9 Å². The number of halogens is 2. The Hall–Kier alpha value is -2.83. The van der Waals surface area contributed by atoms with Crippen LogP contribution in [0.4, 0.5) is 5.82 Å². The van der Waals surface area contributed by atoms with Gasteiger partial charge in [-0.2, -0.15) is 5.10 Å². The standard InChI is InChI=1S/C19H14Cl2N4O2/c20-14-6-3-4-12(19(14)21)11-25-17(8-9-22-25)23-18(26)10-15-13-5-1-2-7-16(13)27-24-15/h1-9H,10-11H2,(H,23,26). The molecule has 0 unspecified atom stereocenters. The first-order chi connectivity index (χ1) is 13.1. The first-order valence-electron chi connectivity index (χ1n) is 8.19. The van der Waals surface area contributed by atoms with E-state index in [2.05, 4.69) is 15.6 Å². The number of amides is 1. The zero-order valence-corrected chi connectivity index (χ0v) is 15.5. The summed E-state index contributed by atoms with van der Waals surface area (Å²) in [5, 5.41) is 12.9. The number of rotatable bonds is 5. The number of nitrogens with one attached hydrogen (secondary N) is 1. The molecule has 1 amide bonds. The Morgan fingerprint density at radius 2 is 1.96 bits per heavy atom. The third-order valence-electron chi connectivity index (χ3n) is 4.12. The summed E-state index contributed by atoms with van der Waals surface area (Å²) in [5.41, 5.74) is 2.05. The van der Waals surface area contributed by atoms with Crippen LogP contribution < -0.4 is 5.32 Å². The second kappa shape index (κ2) is 7.42. The fraction of sp³-hybridized carbons (Fsp3) is 0.105. The first kappa shape index (κ1) is 17.6. The van der Waals surface area contributed by atoms with Gasteiger partial charge in [-0.15, -0.1) is 0 Å². The van der Waals surface area contributed by atoms with Gasteiger partial charge in [-0.3, -0.25) is 4.79 Å². The van der Waals surface area contributed by atoms with Gasteiger partial charge in [-0.1, -0.05) is 52.6 Å². The highest BCUT2D eigenvalue weighted by atomic mass is 35.5. The maximum absolute atomic E-state index is 12.5. The number of carbonyl (C=O) groups is 1. The quantitative estimate of drug-likeness (QED) is 0.532. The van der Waals surface area contributed by atoms with Crippen molar-refractivity contribution >= 4 is 45.9 Å². The highest BCUT2D eigenvalue weighted by molar-refractivity contribution is 6.42. The highest BCUT2D eigenvalue weighted by Gasteiger charge is 2.14. The molecular weight excluding hydrogens is 387 g/mol. The van der Waals surface area contributed by atoms with Gasteiger partial charge < -0.3 is 9.84 Å². The summed E-state index contributed by atoms with van der Waals surface area (Å²) in [6, 6.07) is 14.6. The van der Waals surface area contributed by atoms with Gasteiger partial charge in [0.25, 0.3) is 0 Å². The maximum atomic E-state index is 12.5. The lowest BCUT2D eigenvalue weighted by Crippen LogP contribution is -2.18. The minimum absolute atomic E-state index is 0.0973. The van der Waals surface area contributed by atoms with Crippen LogP contribution in [0, 0.1) is 0 Å². The molecule has 0 spiro atoms. The SMILES string of the molecule is O=C(Cc1noc2ccccc12)Nc1ccnn1Cc1cccc(Cl)c1Cl. The van der Waals surface area contributed by atoms with Crippen molar-refractivity contribution in [1.29, 1.82) is 0 Å². The van der Waals surface area contributed by atoms with Gasteiger partial charge in [-0.05, 0) is 23.8 Å². The van der Waals surface area contributed by atoms with Gasteiger partial charge in [0.15, 0.2) is 5.58 Å². The van der Waals surface area contributed by atoms with Crippen molar-refractivity contribution in [3.63, 3.8) is 0 Å². The minimum Gasteiger partial charge on any atom is -0.356 e. The molecule has 0 aliphatic carbocycles. The van der Waals surface area contributed by atoms with Gasteiger partial charge in [-0.25, -0.2) is 4.68 Å². The van der Waals surface area contributed by atoms with Crippen LogP contribution in [0.3, 0.4) is 0 Å². The van der Waals surface area contributed by atoms with Crippen molar-refractivity contribution < 1.29 is 9.32 Å². The second-order valence-electron chi connectivity index (χ2n) is 5.94. The molecule has 2 heterocycles. The number of anilines is 1. The molecule has 0 aliphatic heterocycles. The Kier molecular flexibility index (Phi) is 4.83. The molecule has 6 nitrogen and oxygen atoms in total. The van der Waals surface area contributed by atoms with Crippen molar-refractivity contribution in [2.45, 2.75) is 13.0 Å². The number of hydrogen-bond donors (Lipinski definition) is 1. The number of nitrogens with zero attached hydrogens (tertiary/aromatic N) is 3. The number of para-hydroxylation sites is 1. The van der Waals surface area contributed by atoms with Crippen LogP contribution in [0.25, 0.3) is 11.0 Å². The van der Waals surface area contributed by atoms with Crippen molar-refractivity contribution in [3.05, 3.63) is 76.0 Å². The Balaban J connectivity index is 1.49. The van der Waals surface area contributed by atoms with Crippen molar-refractivity contribution in [3.8, 4) is 0 Å². The molecule has 136 valence electrons. The lowest BCUT2D eigenvalue weighted by molar-refractivity contribution is -0.115. The number of carbonyl (C=O) groups excluding carboxylic acids is 1. The molecule has 4 rings (SSSR count). The van der Waals surface area contributed by atoms with Crippen molar-refractivity contribution in [2.24, 2.45) is 0 Å². The van der Waals surface area contributed by atoms with Crippen LogP contribution in [0.1, 0.15) is 11.3 Å². The third-order valence-corrected chi connectivity index (χ3v) is 4.97. The molecule has 0 fully saturated rings. The van der Waals surface area contributed by atoms with Crippen LogP contribution >= 0.6 is 23.2 Å². The molecule has 0 aliphatic rings. The van der Waals surface area contributed by atoms with E-state index in [9.17, 15) is 4.79 Å². The highest BCUT2D eigenvalue weighted by Crippen LogP contribution is 2.26. The van der Waals surface area contributed by atoms with E-state index in [-0.39, 0.29) is 12.3 Å². The van der Waals surface area contributed by atoms with E-state index < -0.39 is 0 Å². The first-order valence-corrected chi connectivity index (χ1v) is 8.95. The molecule has 4 aromatic rings. The van der Waals surface area contributed by atoms with E-state index in [1.165, 1.54) is 0 Å². The molecule has 0 saturated heterocycles. The minimum atomic E-state index is -0.215. The molecule has 1 N–H and O–H groups in total. The van der Waals surface area contributed by atoms with Crippen LogP contribution in [-0.4, -0.2) is 20.8 Å². The third kappa shape index (κ3) is 3.67. The number of benzene rings is 2. The zero-order chi connectivity index (χ0) is 18.8. The van der Waals surface area contributed by atoms with Gasteiger partial charge in [0.05, 0.1) is 29.2 Å². The van der Waals surface area contributed by atoms with Crippen LogP contribution in [0.5, 0.6) is 0 Å². The molecule has 2 aromatic heterocycles. The predicted molar refractivity (Wildman–Crippen MR) is 104 cm³/mol. The largest absolute Gasteiger partial charge is 0.356 e. The van der Waals surface area contributed by atoms with E-state index in [0.29, 0.717) is 33.7 Å². The Labute approximate surface area is 164 Å². The van der Waals surface area contributed by atoms with Gasteiger partial charge in [0, 0.05) is 11.5 Å². The molecule has 0 atom stereocenters. The maximum Gasteiger partial charge on any atom is 0.231 e. The van der Waals surface area contributed by atoms with E-state index in [4.69, 9.17) is 27.7 Å². The van der Waals surface area contributed by atoms with E-state index in [1.54, 1.807) is 23.0 Å². The van der Waals surface area contributed by atoms with Crippen LogP contribution in [0.15, 0.2) is 59.3 Å². The molecule has 0 bridgehead atoms. The second-order valence-corrected chi connectivity index (χ2v) is 6.72. The van der Waals surface area contributed by atoms with E-state index in [1.807, 2.05) is 36.4 Å². The summed E-state index contributed by atoms with van der Waals surface area (Å²) in [4.78, 5) is 12.5. The lowest BCUT2D eigenvalue weighted by Gasteiger charge is -2.10. The molecule has 27 heavy (non-hydrogen) atoms. The van der Waals surface area contributed by atoms with Crippen LogP contribution in [0.2, 0.25) is 10.0 Å².